The number of hydrogen-bond acceptors (Lipinski definition) is 8. The van der Waals surface area contributed by atoms with Crippen molar-refractivity contribution >= 4 is 17.4 Å². The molecule has 0 amide bonds. The normalized spacial score (nSPS) is 26.3. The highest BCUT2D eigenvalue weighted by atomic mass is 16.6. The fourth-order valence-corrected chi connectivity index (χ4v) is 3.85. The van der Waals surface area contributed by atoms with E-state index in [1.807, 2.05) is 36.9 Å². The second kappa shape index (κ2) is 9.85. The van der Waals surface area contributed by atoms with Gasteiger partial charge in [0.25, 0.3) is 0 Å². The Hall–Kier alpha value is -2.68. The zero-order chi connectivity index (χ0) is 24.9. The molecule has 8 heteroatoms. The van der Waals surface area contributed by atoms with Crippen LogP contribution in [0.25, 0.3) is 0 Å². The highest BCUT2D eigenvalue weighted by Gasteiger charge is 2.39. The molecular weight excluding hydrogens is 410 g/mol. The van der Waals surface area contributed by atoms with Gasteiger partial charge < -0.3 is 29.0 Å². The van der Waals surface area contributed by atoms with Gasteiger partial charge in [-0.3, -0.25) is 0 Å². The zero-order valence-electron chi connectivity index (χ0n) is 21.5. The summed E-state index contributed by atoms with van der Waals surface area (Å²) in [5.74, 6) is 2.80. The minimum atomic E-state index is -1.43. The van der Waals surface area contributed by atoms with Crippen molar-refractivity contribution < 1.29 is 26.8 Å². The van der Waals surface area contributed by atoms with E-state index >= 15 is 0 Å². The van der Waals surface area contributed by atoms with Gasteiger partial charge in [-0.1, -0.05) is 11.6 Å². The summed E-state index contributed by atoms with van der Waals surface area (Å²) in [4.78, 5) is 11.2. The van der Waals surface area contributed by atoms with Gasteiger partial charge in [0.1, 0.15) is 23.9 Å². The van der Waals surface area contributed by atoms with Crippen molar-refractivity contribution in [1.82, 2.24) is 4.90 Å². The molecule has 0 saturated carbocycles. The van der Waals surface area contributed by atoms with E-state index in [0.717, 1.165) is 19.3 Å². The van der Waals surface area contributed by atoms with Crippen molar-refractivity contribution in [1.29, 1.82) is 1.43 Å². The van der Waals surface area contributed by atoms with Gasteiger partial charge in [-0.2, -0.15) is 0 Å². The molecule has 1 saturated heterocycles. The van der Waals surface area contributed by atoms with E-state index in [9.17, 15) is 0 Å². The number of para-hydroxylation sites is 1. The van der Waals surface area contributed by atoms with Crippen molar-refractivity contribution in [3.63, 3.8) is 0 Å². The number of benzene rings is 1. The number of fused-ring (bicyclic) bond motifs is 2. The van der Waals surface area contributed by atoms with Gasteiger partial charge in [-0.05, 0) is 45.2 Å². The van der Waals surface area contributed by atoms with E-state index in [1.54, 1.807) is 6.20 Å². The van der Waals surface area contributed by atoms with Crippen molar-refractivity contribution in [2.24, 2.45) is 9.98 Å². The lowest BCUT2D eigenvalue weighted by molar-refractivity contribution is -0.0574. The molecule has 3 heterocycles. The van der Waals surface area contributed by atoms with Crippen LogP contribution in [0.5, 0.6) is 11.5 Å². The molecule has 0 bridgehead atoms. The van der Waals surface area contributed by atoms with Crippen LogP contribution in [0.2, 0.25) is 0 Å². The van der Waals surface area contributed by atoms with Gasteiger partial charge in [-0.25, -0.2) is 9.98 Å². The summed E-state index contributed by atoms with van der Waals surface area (Å²) >= 11 is 0. The molecule has 0 radical (unpaired) electrons. The first-order valence-corrected chi connectivity index (χ1v) is 10.8. The lowest BCUT2D eigenvalue weighted by atomic mass is 10.1. The Balaban J connectivity index is 1.46. The van der Waals surface area contributed by atoms with Crippen LogP contribution in [0.4, 0.5) is 5.69 Å². The predicted molar refractivity (Wildman–Crippen MR) is 123 cm³/mol. The molecule has 8 nitrogen and oxygen atoms in total. The fourth-order valence-electron chi connectivity index (χ4n) is 3.85. The molecule has 2 unspecified atom stereocenters. The number of unbranched alkanes of at least 4 members (excludes halogenated alkanes) is 1. The third-order valence-electron chi connectivity index (χ3n) is 5.52. The summed E-state index contributed by atoms with van der Waals surface area (Å²) in [6.45, 7) is 8.37. The van der Waals surface area contributed by atoms with Crippen LogP contribution in [0, 0.1) is 0 Å². The van der Waals surface area contributed by atoms with Gasteiger partial charge in [0.15, 0.2) is 23.0 Å². The topological polar surface area (TPSA) is 85.1 Å². The first kappa shape index (κ1) is 18.8. The first-order valence-electron chi connectivity index (χ1n) is 12.4. The third-order valence-corrected chi connectivity index (χ3v) is 5.52. The molecule has 3 aliphatic rings. The van der Waals surface area contributed by atoms with E-state index < -0.39 is 25.5 Å². The Morgan fingerprint density at radius 2 is 2.38 bits per heavy atom. The number of ether oxygens (including phenoxy) is 4. The largest absolute Gasteiger partial charge is 0.491 e. The number of methoxy groups -OCH3 is 1. The van der Waals surface area contributed by atoms with Crippen LogP contribution in [0.1, 0.15) is 42.3 Å². The van der Waals surface area contributed by atoms with E-state index in [1.165, 1.54) is 5.57 Å². The molecule has 4 atom stereocenters. The summed E-state index contributed by atoms with van der Waals surface area (Å²) in [5.41, 5.74) is 1.78. The summed E-state index contributed by atoms with van der Waals surface area (Å²) in [6, 6.07) is 5.58. The molecule has 1 aromatic rings. The van der Waals surface area contributed by atoms with Crippen molar-refractivity contribution in [3.05, 3.63) is 42.3 Å². The zero-order valence-corrected chi connectivity index (χ0v) is 18.5. The molecule has 0 aromatic heterocycles. The Morgan fingerprint density at radius 1 is 1.47 bits per heavy atom. The third kappa shape index (κ3) is 4.87. The average molecular weight is 447 g/mol. The number of hydrogen-bond donors (Lipinski definition) is 1. The summed E-state index contributed by atoms with van der Waals surface area (Å²) < 4.78 is 44.9. The van der Waals surface area contributed by atoms with Gasteiger partial charge in [0, 0.05) is 13.5 Å². The second-order valence-corrected chi connectivity index (χ2v) is 8.20. The van der Waals surface area contributed by atoms with Gasteiger partial charge >= 0.3 is 0 Å². The summed E-state index contributed by atoms with van der Waals surface area (Å²) in [5, 5.41) is 4.80. The maximum atomic E-state index is 7.36. The molecule has 172 valence electrons. The summed E-state index contributed by atoms with van der Waals surface area (Å²) in [7, 11) is -1.43. The maximum absolute atomic E-state index is 7.36. The minimum absolute atomic E-state index is 0.00906. The van der Waals surface area contributed by atoms with E-state index in [2.05, 4.69) is 11.6 Å². The number of rotatable bonds is 10. The quantitative estimate of drug-likeness (QED) is 0.433. The minimum Gasteiger partial charge on any atom is -0.491 e. The first-order chi connectivity index (χ1) is 16.9. The van der Waals surface area contributed by atoms with Crippen molar-refractivity contribution in [2.45, 2.75) is 58.0 Å². The van der Waals surface area contributed by atoms with Crippen LogP contribution >= 0.6 is 0 Å². The monoisotopic (exact) mass is 446 g/mol. The number of aliphatic imine (C=N–C) groups is 2. The Kier molecular flexibility index (Phi) is 5.80. The molecule has 1 N–H and O–H groups in total. The summed E-state index contributed by atoms with van der Waals surface area (Å²) in [6.07, 6.45) is 3.52. The molecule has 0 spiro atoms. The Bertz CT molecular complexity index is 1030. The molecule has 1 fully saturated rings. The van der Waals surface area contributed by atoms with Gasteiger partial charge in [0.05, 0.1) is 28.3 Å². The molecule has 1 aromatic carbocycles. The van der Waals surface area contributed by atoms with Gasteiger partial charge in [-0.15, -0.1) is 6.58 Å². The smallest absolute Gasteiger partial charge is 0.211 e. The van der Waals surface area contributed by atoms with E-state index in [-0.39, 0.29) is 6.61 Å². The van der Waals surface area contributed by atoms with Crippen molar-refractivity contribution in [3.8, 4) is 11.5 Å². The van der Waals surface area contributed by atoms with Crippen LogP contribution in [-0.2, 0) is 9.47 Å². The number of aliphatic hydroxyl groups excluding tert-OH is 1. The second-order valence-electron chi connectivity index (χ2n) is 8.20. The lowest BCUT2D eigenvalue weighted by Crippen LogP contribution is -2.39. The highest BCUT2D eigenvalue weighted by Crippen LogP contribution is 2.42. The molecule has 0 aliphatic carbocycles. The molecular formula is C24H31N3O5. The number of nitrogens with zero attached hydrogens (tertiary/aromatic N) is 3. The average Bonchev–Trinajstić information content (AvgIpc) is 3.24. The highest BCUT2D eigenvalue weighted by molar-refractivity contribution is 6.09. The standard InChI is InChI=1S/C24H31N3O5/c1-15(2)8-5-6-11-30-18-9-7-10-19-23(18)26-24-20(31-19)13-27(16(3)25-24)22-12-17(28)21(32-22)14-29-4/h7,9-10,13,17,21-22,28H,1,5-6,8,11-12,14H2,2-4H3/t17?,21-,22-/m1/s1/i4TD,28T/t4?,17?,21-,22-. The Labute approximate surface area is 193 Å². The van der Waals surface area contributed by atoms with Gasteiger partial charge in [0.2, 0.25) is 1.43 Å². The van der Waals surface area contributed by atoms with E-state index in [4.69, 9.17) is 33.2 Å². The number of amidine groups is 2. The molecule has 3 aliphatic heterocycles. The lowest BCUT2D eigenvalue weighted by Gasteiger charge is -2.31. The Morgan fingerprint density at radius 3 is 3.19 bits per heavy atom. The maximum Gasteiger partial charge on any atom is 0.211 e. The number of aliphatic hydroxyl groups is 1. The van der Waals surface area contributed by atoms with Crippen LogP contribution in [0.3, 0.4) is 0 Å². The SMILES string of the molecule is [2H]C([3H])OC[C@H]1O[C@@H](N2C=C3Oc4cccc(OCCCCC(=C)C)c4N=C3N=C2C)CC1O[3H]. The van der Waals surface area contributed by atoms with E-state index in [0.29, 0.717) is 47.6 Å². The molecule has 4 rings (SSSR count). The number of allylic oxidation sites excluding steroid dienone is 1. The van der Waals surface area contributed by atoms with Crippen LogP contribution < -0.4 is 9.47 Å². The predicted octanol–water partition coefficient (Wildman–Crippen LogP) is 3.93. The van der Waals surface area contributed by atoms with Crippen molar-refractivity contribution in [2.75, 3.05) is 20.3 Å². The molecule has 32 heavy (non-hydrogen) atoms. The van der Waals surface area contributed by atoms with Crippen LogP contribution in [-0.4, -0.2) is 61.8 Å². The fraction of sp³-hybridized carbons (Fsp3) is 0.500. The van der Waals surface area contributed by atoms with Crippen LogP contribution in [0.15, 0.2) is 52.3 Å².